The summed E-state index contributed by atoms with van der Waals surface area (Å²) in [4.78, 5) is 33.6. The maximum absolute atomic E-state index is 12.7. The van der Waals surface area contributed by atoms with Crippen molar-refractivity contribution in [3.05, 3.63) is 41.7 Å². The third-order valence-electron chi connectivity index (χ3n) is 2.22. The first-order valence-electron chi connectivity index (χ1n) is 6.19. The van der Waals surface area contributed by atoms with Gasteiger partial charge in [-0.2, -0.15) is 0 Å². The summed E-state index contributed by atoms with van der Waals surface area (Å²) in [5, 5.41) is 4.34. The van der Waals surface area contributed by atoms with Crippen molar-refractivity contribution in [2.24, 2.45) is 0 Å². The van der Waals surface area contributed by atoms with E-state index in [1.165, 1.54) is 30.3 Å². The summed E-state index contributed by atoms with van der Waals surface area (Å²) in [6.07, 6.45) is 2.52. The van der Waals surface area contributed by atoms with E-state index >= 15 is 0 Å². The van der Waals surface area contributed by atoms with Crippen molar-refractivity contribution < 1.29 is 23.5 Å². The topological polar surface area (TPSA) is 84.5 Å². The van der Waals surface area contributed by atoms with Crippen LogP contribution in [0.2, 0.25) is 0 Å². The molecule has 7 heteroatoms. The van der Waals surface area contributed by atoms with Gasteiger partial charge in [-0.15, -0.1) is 0 Å². The molecular weight excluding hydrogens is 279 g/mol. The SMILES string of the molecule is CCNC(=O)NC(=O)COC(=O)/C=C/c1ccc(F)cc1. The molecule has 0 saturated carbocycles. The number of carbonyl (C=O) groups is 3. The van der Waals surface area contributed by atoms with Gasteiger partial charge in [0, 0.05) is 12.6 Å². The van der Waals surface area contributed by atoms with E-state index in [0.29, 0.717) is 12.1 Å². The number of nitrogens with one attached hydrogen (secondary N) is 2. The Morgan fingerprint density at radius 2 is 1.90 bits per heavy atom. The Kier molecular flexibility index (Phi) is 6.59. The molecule has 112 valence electrons. The van der Waals surface area contributed by atoms with Crippen molar-refractivity contribution >= 4 is 24.0 Å². The van der Waals surface area contributed by atoms with Crippen molar-refractivity contribution in [1.29, 1.82) is 0 Å². The molecule has 0 fully saturated rings. The van der Waals surface area contributed by atoms with Crippen molar-refractivity contribution in [2.75, 3.05) is 13.2 Å². The molecule has 0 aliphatic heterocycles. The van der Waals surface area contributed by atoms with Crippen molar-refractivity contribution in [1.82, 2.24) is 10.6 Å². The first-order chi connectivity index (χ1) is 10.0. The molecule has 0 atom stereocenters. The van der Waals surface area contributed by atoms with Crippen LogP contribution in [0.5, 0.6) is 0 Å². The highest BCUT2D eigenvalue weighted by Gasteiger charge is 2.08. The van der Waals surface area contributed by atoms with Gasteiger partial charge in [-0.05, 0) is 30.7 Å². The van der Waals surface area contributed by atoms with Gasteiger partial charge in [0.1, 0.15) is 5.82 Å². The lowest BCUT2D eigenvalue weighted by Gasteiger charge is -2.04. The molecule has 0 aromatic heterocycles. The van der Waals surface area contributed by atoms with E-state index in [1.54, 1.807) is 6.92 Å². The van der Waals surface area contributed by atoms with Crippen LogP contribution >= 0.6 is 0 Å². The molecule has 1 aromatic carbocycles. The second kappa shape index (κ2) is 8.47. The zero-order chi connectivity index (χ0) is 15.7. The molecule has 6 nitrogen and oxygen atoms in total. The Hall–Kier alpha value is -2.70. The maximum Gasteiger partial charge on any atom is 0.331 e. The minimum atomic E-state index is -0.745. The maximum atomic E-state index is 12.7. The Bertz CT molecular complexity index is 540. The van der Waals surface area contributed by atoms with E-state index in [4.69, 9.17) is 0 Å². The summed E-state index contributed by atoms with van der Waals surface area (Å²) in [6, 6.07) is 4.83. The first kappa shape index (κ1) is 16.4. The van der Waals surface area contributed by atoms with Gasteiger partial charge in [0.15, 0.2) is 6.61 Å². The Morgan fingerprint density at radius 1 is 1.24 bits per heavy atom. The minimum Gasteiger partial charge on any atom is -0.452 e. The van der Waals surface area contributed by atoms with Crippen molar-refractivity contribution in [2.45, 2.75) is 6.92 Å². The van der Waals surface area contributed by atoms with Crippen LogP contribution in [0.1, 0.15) is 12.5 Å². The van der Waals surface area contributed by atoms with Gasteiger partial charge in [0.25, 0.3) is 5.91 Å². The summed E-state index contributed by atoms with van der Waals surface area (Å²) in [5.74, 6) is -1.85. The van der Waals surface area contributed by atoms with Gasteiger partial charge in [-0.25, -0.2) is 14.0 Å². The van der Waals surface area contributed by atoms with Gasteiger partial charge < -0.3 is 10.1 Å². The monoisotopic (exact) mass is 294 g/mol. The molecule has 1 rings (SSSR count). The molecule has 0 aliphatic rings. The number of halogens is 1. The third kappa shape index (κ3) is 6.86. The number of hydrogen-bond donors (Lipinski definition) is 2. The van der Waals surface area contributed by atoms with E-state index in [2.05, 4.69) is 10.1 Å². The zero-order valence-electron chi connectivity index (χ0n) is 11.4. The fourth-order valence-corrected chi connectivity index (χ4v) is 1.29. The molecule has 3 amide bonds. The Balaban J connectivity index is 2.35. The number of rotatable bonds is 5. The molecule has 0 radical (unpaired) electrons. The van der Waals surface area contributed by atoms with Crippen LogP contribution in [0.4, 0.5) is 9.18 Å². The first-order valence-corrected chi connectivity index (χ1v) is 6.19. The number of esters is 1. The molecule has 21 heavy (non-hydrogen) atoms. The predicted octanol–water partition coefficient (Wildman–Crippen LogP) is 1.23. The second-order valence-corrected chi connectivity index (χ2v) is 3.90. The van der Waals surface area contributed by atoms with Crippen LogP contribution < -0.4 is 10.6 Å². The van der Waals surface area contributed by atoms with Crippen LogP contribution in [0, 0.1) is 5.82 Å². The zero-order valence-corrected chi connectivity index (χ0v) is 11.4. The van der Waals surface area contributed by atoms with Crippen LogP contribution in [-0.2, 0) is 14.3 Å². The number of urea groups is 1. The number of amides is 3. The molecule has 0 bridgehead atoms. The number of benzene rings is 1. The number of ether oxygens (including phenoxy) is 1. The van der Waals surface area contributed by atoms with E-state index in [0.717, 1.165) is 6.08 Å². The number of imide groups is 1. The molecule has 1 aromatic rings. The average molecular weight is 294 g/mol. The Morgan fingerprint density at radius 3 is 2.52 bits per heavy atom. The number of carbonyl (C=O) groups excluding carboxylic acids is 3. The summed E-state index contributed by atoms with van der Waals surface area (Å²) in [6.45, 7) is 1.51. The van der Waals surface area contributed by atoms with E-state index < -0.39 is 24.5 Å². The summed E-state index contributed by atoms with van der Waals surface area (Å²) >= 11 is 0. The lowest BCUT2D eigenvalue weighted by molar-refractivity contribution is -0.143. The summed E-state index contributed by atoms with van der Waals surface area (Å²) in [7, 11) is 0. The molecule has 0 unspecified atom stereocenters. The molecular formula is C14H15FN2O4. The van der Waals surface area contributed by atoms with Gasteiger partial charge in [-0.3, -0.25) is 10.1 Å². The highest BCUT2D eigenvalue weighted by atomic mass is 19.1. The van der Waals surface area contributed by atoms with Crippen LogP contribution in [0.25, 0.3) is 6.08 Å². The second-order valence-electron chi connectivity index (χ2n) is 3.90. The molecule has 0 heterocycles. The van der Waals surface area contributed by atoms with Crippen molar-refractivity contribution in [3.8, 4) is 0 Å². The van der Waals surface area contributed by atoms with E-state index in [1.807, 2.05) is 5.32 Å². The third-order valence-corrected chi connectivity index (χ3v) is 2.22. The van der Waals surface area contributed by atoms with Crippen LogP contribution in [0.3, 0.4) is 0 Å². The molecule has 0 spiro atoms. The molecule has 0 aliphatic carbocycles. The van der Waals surface area contributed by atoms with Crippen LogP contribution in [0.15, 0.2) is 30.3 Å². The molecule has 0 saturated heterocycles. The predicted molar refractivity (Wildman–Crippen MR) is 73.6 cm³/mol. The fraction of sp³-hybridized carbons (Fsp3) is 0.214. The highest BCUT2D eigenvalue weighted by molar-refractivity contribution is 5.96. The minimum absolute atomic E-state index is 0.374. The van der Waals surface area contributed by atoms with Gasteiger partial charge in [0.05, 0.1) is 0 Å². The lowest BCUT2D eigenvalue weighted by Crippen LogP contribution is -2.41. The number of hydrogen-bond acceptors (Lipinski definition) is 4. The summed E-state index contributed by atoms with van der Waals surface area (Å²) < 4.78 is 17.3. The van der Waals surface area contributed by atoms with Gasteiger partial charge in [0.2, 0.25) is 0 Å². The van der Waals surface area contributed by atoms with Crippen LogP contribution in [-0.4, -0.2) is 31.1 Å². The lowest BCUT2D eigenvalue weighted by atomic mass is 10.2. The largest absolute Gasteiger partial charge is 0.452 e. The van der Waals surface area contributed by atoms with Crippen molar-refractivity contribution in [3.63, 3.8) is 0 Å². The molecule has 2 N–H and O–H groups in total. The fourth-order valence-electron chi connectivity index (χ4n) is 1.29. The van der Waals surface area contributed by atoms with Gasteiger partial charge in [-0.1, -0.05) is 12.1 Å². The van der Waals surface area contributed by atoms with Gasteiger partial charge >= 0.3 is 12.0 Å². The quantitative estimate of drug-likeness (QED) is 0.632. The highest BCUT2D eigenvalue weighted by Crippen LogP contribution is 2.04. The summed E-state index contributed by atoms with van der Waals surface area (Å²) in [5.41, 5.74) is 0.611. The van der Waals surface area contributed by atoms with E-state index in [9.17, 15) is 18.8 Å². The van der Waals surface area contributed by atoms with E-state index in [-0.39, 0.29) is 5.82 Å². The standard InChI is InChI=1S/C14H15FN2O4/c1-2-16-14(20)17-12(18)9-21-13(19)8-5-10-3-6-11(15)7-4-10/h3-8H,2,9H2,1H3,(H2,16,17,18,20)/b8-5+. The normalized spacial score (nSPS) is 10.2. The smallest absolute Gasteiger partial charge is 0.331 e. The average Bonchev–Trinajstić information content (AvgIpc) is 2.44. The Labute approximate surface area is 121 Å².